The van der Waals surface area contributed by atoms with Crippen molar-refractivity contribution in [3.63, 3.8) is 0 Å². The van der Waals surface area contributed by atoms with Crippen LogP contribution < -0.4 is 10.1 Å². The molecule has 1 aliphatic carbocycles. The Morgan fingerprint density at radius 2 is 2.09 bits per heavy atom. The molecular formula is C25H28FN5O4. The Hall–Kier alpha value is -3.53. The molecule has 184 valence electrons. The lowest BCUT2D eigenvalue weighted by molar-refractivity contribution is -0.134. The predicted molar refractivity (Wildman–Crippen MR) is 127 cm³/mol. The van der Waals surface area contributed by atoms with Crippen LogP contribution in [0.2, 0.25) is 0 Å². The fourth-order valence-electron chi connectivity index (χ4n) is 4.49. The van der Waals surface area contributed by atoms with Gasteiger partial charge in [0.2, 0.25) is 5.91 Å². The molecule has 0 unspecified atom stereocenters. The van der Waals surface area contributed by atoms with Crippen LogP contribution in [0.25, 0.3) is 22.3 Å². The molecule has 1 atom stereocenters. The first kappa shape index (κ1) is 23.2. The Balaban J connectivity index is 1.42. The van der Waals surface area contributed by atoms with E-state index in [-0.39, 0.29) is 24.5 Å². The van der Waals surface area contributed by atoms with Crippen molar-refractivity contribution < 1.29 is 23.5 Å². The van der Waals surface area contributed by atoms with Crippen molar-refractivity contribution >= 4 is 22.8 Å². The molecule has 2 aliphatic rings. The van der Waals surface area contributed by atoms with Crippen LogP contribution >= 0.6 is 0 Å². The highest BCUT2D eigenvalue weighted by atomic mass is 19.1. The smallest absolute Gasteiger partial charge is 0.255 e. The van der Waals surface area contributed by atoms with Crippen LogP contribution in [0.5, 0.6) is 5.75 Å². The van der Waals surface area contributed by atoms with Gasteiger partial charge < -0.3 is 24.7 Å². The third-order valence-corrected chi connectivity index (χ3v) is 6.51. The van der Waals surface area contributed by atoms with Crippen molar-refractivity contribution in [3.8, 4) is 17.0 Å². The molecule has 2 fully saturated rings. The number of fused-ring (bicyclic) bond motifs is 1. The number of hydrogen-bond donors (Lipinski definition) is 2. The third kappa shape index (κ3) is 4.84. The number of aromatic nitrogens is 3. The molecule has 2 N–H and O–H groups in total. The number of hydrogen-bond acceptors (Lipinski definition) is 6. The summed E-state index contributed by atoms with van der Waals surface area (Å²) in [6.07, 6.45) is 4.32. The van der Waals surface area contributed by atoms with Gasteiger partial charge in [-0.2, -0.15) is 0 Å². The summed E-state index contributed by atoms with van der Waals surface area (Å²) in [5.41, 5.74) is 3.01. The number of aromatic amines is 1. The van der Waals surface area contributed by atoms with Crippen LogP contribution in [-0.2, 0) is 9.53 Å². The zero-order valence-corrected chi connectivity index (χ0v) is 19.8. The molecule has 0 spiro atoms. The lowest BCUT2D eigenvalue weighted by Gasteiger charge is -2.16. The molecule has 0 radical (unpaired) electrons. The Morgan fingerprint density at radius 1 is 1.26 bits per heavy atom. The van der Waals surface area contributed by atoms with Gasteiger partial charge in [-0.15, -0.1) is 0 Å². The van der Waals surface area contributed by atoms with Gasteiger partial charge in [-0.05, 0) is 50.3 Å². The van der Waals surface area contributed by atoms with E-state index in [0.717, 1.165) is 12.8 Å². The molecule has 2 amide bonds. The van der Waals surface area contributed by atoms with Crippen molar-refractivity contribution in [2.45, 2.75) is 32.2 Å². The number of benzene rings is 1. The first-order valence-electron chi connectivity index (χ1n) is 11.8. The number of likely N-dealkylation sites (tertiary alicyclic amines) is 1. The Morgan fingerprint density at radius 3 is 2.86 bits per heavy atom. The molecule has 3 heterocycles. The van der Waals surface area contributed by atoms with Crippen molar-refractivity contribution in [2.75, 3.05) is 33.4 Å². The van der Waals surface area contributed by atoms with Gasteiger partial charge in [-0.1, -0.05) is 0 Å². The normalized spacial score (nSPS) is 17.7. The van der Waals surface area contributed by atoms with E-state index in [2.05, 4.69) is 20.3 Å². The minimum absolute atomic E-state index is 0.0222. The van der Waals surface area contributed by atoms with E-state index in [4.69, 9.17) is 9.47 Å². The van der Waals surface area contributed by atoms with E-state index >= 15 is 0 Å². The molecule has 1 aromatic carbocycles. The Labute approximate surface area is 202 Å². The van der Waals surface area contributed by atoms with Crippen LogP contribution in [-0.4, -0.2) is 71.1 Å². The summed E-state index contributed by atoms with van der Waals surface area (Å²) < 4.78 is 25.1. The van der Waals surface area contributed by atoms with Gasteiger partial charge in [0.25, 0.3) is 5.91 Å². The summed E-state index contributed by atoms with van der Waals surface area (Å²) in [5, 5.41) is 3.02. The van der Waals surface area contributed by atoms with Crippen LogP contribution in [0, 0.1) is 18.7 Å². The second-order valence-corrected chi connectivity index (χ2v) is 9.20. The lowest BCUT2D eigenvalue weighted by Crippen LogP contribution is -2.39. The number of amides is 2. The van der Waals surface area contributed by atoms with Gasteiger partial charge in [-0.3, -0.25) is 9.59 Å². The molecule has 9 nitrogen and oxygen atoms in total. The lowest BCUT2D eigenvalue weighted by atomic mass is 10.1. The quantitative estimate of drug-likeness (QED) is 0.512. The predicted octanol–water partition coefficient (Wildman–Crippen LogP) is 2.84. The molecule has 1 saturated heterocycles. The maximum absolute atomic E-state index is 14.2. The van der Waals surface area contributed by atoms with Gasteiger partial charge in [0.05, 0.1) is 17.7 Å². The number of aryl methyl sites for hydroxylation is 1. The topological polar surface area (TPSA) is 109 Å². The van der Waals surface area contributed by atoms with Gasteiger partial charge in [0, 0.05) is 37.5 Å². The highest BCUT2D eigenvalue weighted by molar-refractivity contribution is 6.09. The van der Waals surface area contributed by atoms with Crippen LogP contribution in [0.1, 0.15) is 35.3 Å². The molecule has 0 bridgehead atoms. The highest BCUT2D eigenvalue weighted by Crippen LogP contribution is 2.36. The van der Waals surface area contributed by atoms with Gasteiger partial charge in [-0.25, -0.2) is 14.4 Å². The molecule has 1 saturated carbocycles. The number of nitrogens with zero attached hydrogens (tertiary/aromatic N) is 3. The van der Waals surface area contributed by atoms with E-state index in [9.17, 15) is 14.0 Å². The second-order valence-electron chi connectivity index (χ2n) is 9.20. The number of H-pyrrole nitrogens is 1. The van der Waals surface area contributed by atoms with E-state index in [1.54, 1.807) is 17.9 Å². The third-order valence-electron chi connectivity index (χ3n) is 6.51. The number of halogens is 1. The number of methoxy groups -OCH3 is 1. The van der Waals surface area contributed by atoms with E-state index in [1.807, 2.05) is 0 Å². The van der Waals surface area contributed by atoms with E-state index in [0.29, 0.717) is 71.3 Å². The molecule has 3 aromatic rings. The Kier molecular flexibility index (Phi) is 6.38. The van der Waals surface area contributed by atoms with Crippen LogP contribution in [0.4, 0.5) is 4.39 Å². The number of carbonyl (C=O) groups is 2. The maximum Gasteiger partial charge on any atom is 0.255 e. The fraction of sp³-hybridized carbons (Fsp3) is 0.440. The summed E-state index contributed by atoms with van der Waals surface area (Å²) >= 11 is 0. The summed E-state index contributed by atoms with van der Waals surface area (Å²) in [5.74, 6) is 0.301. The van der Waals surface area contributed by atoms with Crippen molar-refractivity contribution in [1.82, 2.24) is 25.2 Å². The standard InChI is InChI=1S/C25H28FN5O4/c1-14-21(25(33)30-17-7-8-31(10-17)20(32)12-34-2)23-24(29-14)22(27-13-28-23)18-9-16(26)5-6-19(18)35-11-15-3-4-15/h5-6,9,13,15,17,29H,3-4,7-8,10-12H2,1-2H3,(H,30,33)/t17-/m1/s1. The molecule has 2 aromatic heterocycles. The summed E-state index contributed by atoms with van der Waals surface area (Å²) in [6, 6.07) is 4.20. The summed E-state index contributed by atoms with van der Waals surface area (Å²) in [4.78, 5) is 39.0. The number of carbonyl (C=O) groups excluding carboxylic acids is 2. The molecule has 5 rings (SSSR count). The largest absolute Gasteiger partial charge is 0.493 e. The molecule has 1 aliphatic heterocycles. The summed E-state index contributed by atoms with van der Waals surface area (Å²) in [7, 11) is 1.48. The monoisotopic (exact) mass is 481 g/mol. The number of rotatable bonds is 8. The SMILES string of the molecule is COCC(=O)N1CC[C@@H](NC(=O)c2c(C)[nH]c3c(-c4cc(F)ccc4OCC4CC4)ncnc23)C1. The second kappa shape index (κ2) is 9.61. The number of nitrogens with one attached hydrogen (secondary N) is 2. The van der Waals surface area contributed by atoms with E-state index in [1.165, 1.54) is 25.6 Å². The zero-order valence-electron chi connectivity index (χ0n) is 19.8. The highest BCUT2D eigenvalue weighted by Gasteiger charge is 2.29. The maximum atomic E-state index is 14.2. The van der Waals surface area contributed by atoms with Crippen LogP contribution in [0.15, 0.2) is 24.5 Å². The minimum Gasteiger partial charge on any atom is -0.493 e. The molecule has 10 heteroatoms. The van der Waals surface area contributed by atoms with E-state index < -0.39 is 5.82 Å². The van der Waals surface area contributed by atoms with Crippen molar-refractivity contribution in [2.24, 2.45) is 5.92 Å². The molecule has 35 heavy (non-hydrogen) atoms. The molecular weight excluding hydrogens is 453 g/mol. The minimum atomic E-state index is -0.402. The van der Waals surface area contributed by atoms with Gasteiger partial charge >= 0.3 is 0 Å². The first-order chi connectivity index (χ1) is 16.9. The fourth-order valence-corrected chi connectivity index (χ4v) is 4.49. The van der Waals surface area contributed by atoms with Crippen LogP contribution in [0.3, 0.4) is 0 Å². The first-order valence-corrected chi connectivity index (χ1v) is 11.8. The summed E-state index contributed by atoms with van der Waals surface area (Å²) in [6.45, 7) is 3.39. The Bertz CT molecular complexity index is 1270. The van der Waals surface area contributed by atoms with Crippen molar-refractivity contribution in [1.29, 1.82) is 0 Å². The number of ether oxygens (including phenoxy) is 2. The average molecular weight is 482 g/mol. The van der Waals surface area contributed by atoms with Gasteiger partial charge in [0.1, 0.15) is 35.7 Å². The van der Waals surface area contributed by atoms with Crippen molar-refractivity contribution in [3.05, 3.63) is 41.6 Å². The zero-order chi connectivity index (χ0) is 24.5. The van der Waals surface area contributed by atoms with Gasteiger partial charge in [0.15, 0.2) is 0 Å². The average Bonchev–Trinajstić information content (AvgIpc) is 3.43.